The number of hydrogen-bond donors (Lipinski definition) is 1. The van der Waals surface area contributed by atoms with Crippen molar-refractivity contribution in [2.24, 2.45) is 0 Å². The quantitative estimate of drug-likeness (QED) is 0.866. The summed E-state index contributed by atoms with van der Waals surface area (Å²) in [6, 6.07) is 1.80. The highest BCUT2D eigenvalue weighted by molar-refractivity contribution is 9.10. The third kappa shape index (κ3) is 4.24. The monoisotopic (exact) mass is 334 g/mol. The van der Waals surface area contributed by atoms with E-state index in [0.29, 0.717) is 12.2 Å². The summed E-state index contributed by atoms with van der Waals surface area (Å²) in [6.45, 7) is 5.16. The zero-order chi connectivity index (χ0) is 13.7. The van der Waals surface area contributed by atoms with Gasteiger partial charge in [0.05, 0.1) is 0 Å². The van der Waals surface area contributed by atoms with Gasteiger partial charge in [0.1, 0.15) is 5.69 Å². The van der Waals surface area contributed by atoms with Gasteiger partial charge in [-0.05, 0) is 35.3 Å². The molecule has 0 bridgehead atoms. The molecule has 0 aliphatic heterocycles. The Kier molecular flexibility index (Phi) is 6.08. The van der Waals surface area contributed by atoms with Gasteiger partial charge in [0.25, 0.3) is 5.91 Å². The minimum atomic E-state index is -0.917. The fourth-order valence-electron chi connectivity index (χ4n) is 1.54. The van der Waals surface area contributed by atoms with Gasteiger partial charge >= 0.3 is 0 Å². The molecule has 18 heavy (non-hydrogen) atoms. The highest BCUT2D eigenvalue weighted by atomic mass is 79.9. The fourth-order valence-corrected chi connectivity index (χ4v) is 2.32. The number of hydrogen-bond acceptors (Lipinski definition) is 2. The molecule has 2 unspecified atom stereocenters. The molecule has 1 aromatic heterocycles. The summed E-state index contributed by atoms with van der Waals surface area (Å²) in [5, 5.41) is 2.78. The van der Waals surface area contributed by atoms with Crippen molar-refractivity contribution >= 4 is 32.6 Å². The van der Waals surface area contributed by atoms with Crippen LogP contribution < -0.4 is 5.32 Å². The first-order valence-electron chi connectivity index (χ1n) is 5.91. The maximum atomic E-state index is 12.0. The van der Waals surface area contributed by atoms with E-state index >= 15 is 0 Å². The van der Waals surface area contributed by atoms with Crippen molar-refractivity contribution in [2.75, 3.05) is 12.8 Å². The fraction of sp³-hybridized carbons (Fsp3) is 0.583. The van der Waals surface area contributed by atoms with Gasteiger partial charge in [0, 0.05) is 46.1 Å². The van der Waals surface area contributed by atoms with Crippen molar-refractivity contribution in [1.29, 1.82) is 0 Å². The SMILES string of the molecule is CCCn1cc(Br)cc1C(=O)NCC(C)S(C)=O. The van der Waals surface area contributed by atoms with Gasteiger partial charge in [0.15, 0.2) is 0 Å². The third-order valence-corrected chi connectivity index (χ3v) is 4.41. The van der Waals surface area contributed by atoms with Crippen molar-refractivity contribution in [3.8, 4) is 0 Å². The second-order valence-electron chi connectivity index (χ2n) is 4.26. The minimum absolute atomic E-state index is 0.0352. The van der Waals surface area contributed by atoms with Gasteiger partial charge in [0.2, 0.25) is 0 Å². The predicted octanol–water partition coefficient (Wildman–Crippen LogP) is 2.16. The van der Waals surface area contributed by atoms with Crippen LogP contribution in [-0.4, -0.2) is 32.7 Å². The molecule has 4 nitrogen and oxygen atoms in total. The molecule has 0 aromatic carbocycles. The topological polar surface area (TPSA) is 51.1 Å². The van der Waals surface area contributed by atoms with E-state index in [2.05, 4.69) is 28.2 Å². The summed E-state index contributed by atoms with van der Waals surface area (Å²) < 4.78 is 14.0. The highest BCUT2D eigenvalue weighted by Crippen LogP contribution is 2.15. The molecule has 0 saturated carbocycles. The maximum Gasteiger partial charge on any atom is 0.267 e. The average molecular weight is 335 g/mol. The lowest BCUT2D eigenvalue weighted by molar-refractivity contribution is 0.0944. The van der Waals surface area contributed by atoms with E-state index < -0.39 is 10.8 Å². The Morgan fingerprint density at radius 3 is 2.83 bits per heavy atom. The number of carbonyl (C=O) groups excluding carboxylic acids is 1. The van der Waals surface area contributed by atoms with Crippen LogP contribution in [0.3, 0.4) is 0 Å². The molecule has 1 heterocycles. The molecular formula is C12H19BrN2O2S. The number of nitrogens with zero attached hydrogens (tertiary/aromatic N) is 1. The number of nitrogens with one attached hydrogen (secondary N) is 1. The third-order valence-electron chi connectivity index (χ3n) is 2.68. The van der Waals surface area contributed by atoms with Crippen LogP contribution in [0.4, 0.5) is 0 Å². The van der Waals surface area contributed by atoms with Crippen LogP contribution in [0.15, 0.2) is 16.7 Å². The van der Waals surface area contributed by atoms with Crippen molar-refractivity contribution in [2.45, 2.75) is 32.1 Å². The average Bonchev–Trinajstić information content (AvgIpc) is 2.67. The Hall–Kier alpha value is -0.620. The Morgan fingerprint density at radius 2 is 2.28 bits per heavy atom. The molecule has 0 saturated heterocycles. The zero-order valence-electron chi connectivity index (χ0n) is 10.9. The molecule has 1 N–H and O–H groups in total. The van der Waals surface area contributed by atoms with Crippen LogP contribution in [0.1, 0.15) is 30.8 Å². The van der Waals surface area contributed by atoms with Crippen molar-refractivity contribution in [3.63, 3.8) is 0 Å². The number of aromatic nitrogens is 1. The van der Waals surface area contributed by atoms with E-state index in [4.69, 9.17) is 0 Å². The number of amides is 1. The van der Waals surface area contributed by atoms with E-state index in [9.17, 15) is 9.00 Å². The minimum Gasteiger partial charge on any atom is -0.350 e. The van der Waals surface area contributed by atoms with E-state index in [0.717, 1.165) is 17.4 Å². The lowest BCUT2D eigenvalue weighted by Gasteiger charge is -2.11. The number of carbonyl (C=O) groups is 1. The summed E-state index contributed by atoms with van der Waals surface area (Å²) in [4.78, 5) is 12.0. The van der Waals surface area contributed by atoms with Gasteiger partial charge in [-0.3, -0.25) is 9.00 Å². The van der Waals surface area contributed by atoms with Crippen LogP contribution in [-0.2, 0) is 17.3 Å². The molecule has 1 rings (SSSR count). The Balaban J connectivity index is 2.69. The molecule has 0 aliphatic carbocycles. The molecule has 0 aliphatic rings. The standard InChI is InChI=1S/C12H19BrN2O2S/c1-4-5-15-8-10(13)6-11(15)12(16)14-7-9(2)18(3)17/h6,8-9H,4-5,7H2,1-3H3,(H,14,16). The van der Waals surface area contributed by atoms with E-state index in [1.165, 1.54) is 0 Å². The predicted molar refractivity (Wildman–Crippen MR) is 78.3 cm³/mol. The van der Waals surface area contributed by atoms with Crippen LogP contribution >= 0.6 is 15.9 Å². The van der Waals surface area contributed by atoms with Gasteiger partial charge in [-0.1, -0.05) is 6.92 Å². The number of aryl methyl sites for hydroxylation is 1. The summed E-state index contributed by atoms with van der Waals surface area (Å²) in [7, 11) is -0.917. The molecule has 1 aromatic rings. The molecule has 0 fully saturated rings. The van der Waals surface area contributed by atoms with Gasteiger partial charge in [-0.2, -0.15) is 0 Å². The normalized spacial score (nSPS) is 14.2. The molecule has 1 amide bonds. The lowest BCUT2D eigenvalue weighted by Crippen LogP contribution is -2.33. The largest absolute Gasteiger partial charge is 0.350 e. The molecular weight excluding hydrogens is 316 g/mol. The van der Waals surface area contributed by atoms with Crippen molar-refractivity contribution in [1.82, 2.24) is 9.88 Å². The van der Waals surface area contributed by atoms with E-state index in [1.54, 1.807) is 12.3 Å². The summed E-state index contributed by atoms with van der Waals surface area (Å²) >= 11 is 3.38. The molecule has 2 atom stereocenters. The molecule has 102 valence electrons. The first-order valence-corrected chi connectivity index (χ1v) is 8.33. The van der Waals surface area contributed by atoms with Gasteiger partial charge in [-0.25, -0.2) is 0 Å². The van der Waals surface area contributed by atoms with Crippen molar-refractivity contribution < 1.29 is 9.00 Å². The summed E-state index contributed by atoms with van der Waals surface area (Å²) in [5.41, 5.74) is 0.637. The summed E-state index contributed by atoms with van der Waals surface area (Å²) in [6.07, 6.45) is 4.52. The smallest absolute Gasteiger partial charge is 0.267 e. The Labute approximate surface area is 119 Å². The zero-order valence-corrected chi connectivity index (χ0v) is 13.3. The number of halogens is 1. The van der Waals surface area contributed by atoms with Crippen LogP contribution in [0.25, 0.3) is 0 Å². The maximum absolute atomic E-state index is 12.0. The number of rotatable bonds is 6. The second kappa shape index (κ2) is 7.09. The van der Waals surface area contributed by atoms with Gasteiger partial charge < -0.3 is 9.88 Å². The van der Waals surface area contributed by atoms with Crippen LogP contribution in [0.5, 0.6) is 0 Å². The lowest BCUT2D eigenvalue weighted by atomic mass is 10.3. The first kappa shape index (κ1) is 15.4. The van der Waals surface area contributed by atoms with Crippen LogP contribution in [0, 0.1) is 0 Å². The molecule has 0 spiro atoms. The van der Waals surface area contributed by atoms with E-state index in [1.807, 2.05) is 17.7 Å². The molecule has 0 radical (unpaired) electrons. The molecule has 6 heteroatoms. The second-order valence-corrected chi connectivity index (χ2v) is 6.97. The highest BCUT2D eigenvalue weighted by Gasteiger charge is 2.14. The van der Waals surface area contributed by atoms with Crippen LogP contribution in [0.2, 0.25) is 0 Å². The first-order chi connectivity index (χ1) is 8.45. The Bertz CT molecular complexity index is 445. The van der Waals surface area contributed by atoms with Gasteiger partial charge in [-0.15, -0.1) is 0 Å². The summed E-state index contributed by atoms with van der Waals surface area (Å²) in [5.74, 6) is -0.119. The van der Waals surface area contributed by atoms with E-state index in [-0.39, 0.29) is 11.2 Å². The Morgan fingerprint density at radius 1 is 1.61 bits per heavy atom. The van der Waals surface area contributed by atoms with Crippen molar-refractivity contribution in [3.05, 3.63) is 22.4 Å².